The van der Waals surface area contributed by atoms with Gasteiger partial charge < -0.3 is 10.4 Å². The molecule has 0 unspecified atom stereocenters. The maximum absolute atomic E-state index is 8.67. The Hall–Kier alpha value is -0.380. The first kappa shape index (κ1) is 14.7. The molecule has 0 amide bonds. The lowest BCUT2D eigenvalue weighted by atomic mass is 10.1. The number of nitrogens with one attached hydrogen (secondary N) is 1. The first-order chi connectivity index (χ1) is 8.24. The summed E-state index contributed by atoms with van der Waals surface area (Å²) >= 11 is 3.49. The Kier molecular flexibility index (Phi) is 7.49. The topological polar surface area (TPSA) is 32.3 Å². The number of rotatable bonds is 8. The van der Waals surface area contributed by atoms with Gasteiger partial charge in [0.2, 0.25) is 0 Å². The van der Waals surface area contributed by atoms with Gasteiger partial charge in [-0.05, 0) is 44.0 Å². The molecule has 0 spiro atoms. The fourth-order valence-corrected chi connectivity index (χ4v) is 2.22. The van der Waals surface area contributed by atoms with Crippen molar-refractivity contribution in [2.75, 3.05) is 13.2 Å². The van der Waals surface area contributed by atoms with Crippen molar-refractivity contribution >= 4 is 15.9 Å². The van der Waals surface area contributed by atoms with E-state index in [1.807, 2.05) is 6.07 Å². The molecule has 0 saturated heterocycles. The van der Waals surface area contributed by atoms with Crippen LogP contribution in [0.4, 0.5) is 0 Å². The van der Waals surface area contributed by atoms with Crippen molar-refractivity contribution in [1.29, 1.82) is 0 Å². The van der Waals surface area contributed by atoms with Crippen molar-refractivity contribution in [2.45, 2.75) is 38.6 Å². The molecule has 3 heteroatoms. The molecule has 96 valence electrons. The Morgan fingerprint density at radius 3 is 2.71 bits per heavy atom. The Labute approximate surface area is 113 Å². The smallest absolute Gasteiger partial charge is 0.0431 e. The average Bonchev–Trinajstić information content (AvgIpc) is 2.33. The van der Waals surface area contributed by atoms with Gasteiger partial charge in [-0.15, -0.1) is 0 Å². The molecule has 0 fully saturated rings. The van der Waals surface area contributed by atoms with Gasteiger partial charge in [0.05, 0.1) is 0 Å². The van der Waals surface area contributed by atoms with Gasteiger partial charge in [-0.2, -0.15) is 0 Å². The minimum atomic E-state index is 0.321. The van der Waals surface area contributed by atoms with Gasteiger partial charge in [0, 0.05) is 17.1 Å². The lowest BCUT2D eigenvalue weighted by Gasteiger charge is -2.14. The summed E-state index contributed by atoms with van der Waals surface area (Å²) in [6.07, 6.45) is 4.43. The van der Waals surface area contributed by atoms with E-state index in [0.717, 1.165) is 23.9 Å². The number of aliphatic hydroxyl groups is 1. The molecule has 0 aliphatic rings. The zero-order chi connectivity index (χ0) is 12.5. The SMILES string of the molecule is C[C@@H](NCCCCCCO)c1cccc(Br)c1. The second kappa shape index (κ2) is 8.67. The minimum Gasteiger partial charge on any atom is -0.396 e. The third-order valence-corrected chi connectivity index (χ3v) is 3.38. The van der Waals surface area contributed by atoms with E-state index in [9.17, 15) is 0 Å². The summed E-state index contributed by atoms with van der Waals surface area (Å²) in [6.45, 7) is 3.55. The minimum absolute atomic E-state index is 0.321. The molecule has 0 aliphatic carbocycles. The van der Waals surface area contributed by atoms with Crippen LogP contribution in [0.5, 0.6) is 0 Å². The number of benzene rings is 1. The zero-order valence-corrected chi connectivity index (χ0v) is 12.0. The molecule has 2 N–H and O–H groups in total. The van der Waals surface area contributed by atoms with Gasteiger partial charge in [0.25, 0.3) is 0 Å². The summed E-state index contributed by atoms with van der Waals surface area (Å²) in [4.78, 5) is 0. The van der Waals surface area contributed by atoms with Gasteiger partial charge in [-0.3, -0.25) is 0 Å². The average molecular weight is 300 g/mol. The Morgan fingerprint density at radius 2 is 2.00 bits per heavy atom. The van der Waals surface area contributed by atoms with Crippen LogP contribution in [0.2, 0.25) is 0 Å². The molecule has 1 atom stereocenters. The number of halogens is 1. The molecule has 2 nitrogen and oxygen atoms in total. The van der Waals surface area contributed by atoms with E-state index in [0.29, 0.717) is 12.6 Å². The van der Waals surface area contributed by atoms with Gasteiger partial charge in [0.1, 0.15) is 0 Å². The lowest BCUT2D eigenvalue weighted by molar-refractivity contribution is 0.282. The van der Waals surface area contributed by atoms with Gasteiger partial charge in [0.15, 0.2) is 0 Å². The molecule has 0 heterocycles. The third kappa shape index (κ3) is 6.20. The van der Waals surface area contributed by atoms with E-state index >= 15 is 0 Å². The summed E-state index contributed by atoms with van der Waals surface area (Å²) < 4.78 is 1.13. The highest BCUT2D eigenvalue weighted by Gasteiger charge is 2.03. The lowest BCUT2D eigenvalue weighted by Crippen LogP contribution is -2.19. The highest BCUT2D eigenvalue weighted by Crippen LogP contribution is 2.17. The first-order valence-corrected chi connectivity index (χ1v) is 7.13. The van der Waals surface area contributed by atoms with Crippen LogP contribution in [0.25, 0.3) is 0 Å². The van der Waals surface area contributed by atoms with Gasteiger partial charge in [-0.25, -0.2) is 0 Å². The predicted molar refractivity (Wildman–Crippen MR) is 76.1 cm³/mol. The molecule has 0 bridgehead atoms. The number of hydrogen-bond acceptors (Lipinski definition) is 2. The van der Waals surface area contributed by atoms with E-state index in [-0.39, 0.29) is 0 Å². The Morgan fingerprint density at radius 1 is 1.24 bits per heavy atom. The predicted octanol–water partition coefficient (Wildman–Crippen LogP) is 3.65. The number of aliphatic hydroxyl groups excluding tert-OH is 1. The van der Waals surface area contributed by atoms with Crippen molar-refractivity contribution in [2.24, 2.45) is 0 Å². The number of unbranched alkanes of at least 4 members (excludes halogenated alkanes) is 3. The van der Waals surface area contributed by atoms with Crippen LogP contribution in [0.1, 0.15) is 44.2 Å². The molecule has 1 rings (SSSR count). The fourth-order valence-electron chi connectivity index (χ4n) is 1.80. The van der Waals surface area contributed by atoms with E-state index in [2.05, 4.69) is 46.4 Å². The third-order valence-electron chi connectivity index (χ3n) is 2.88. The van der Waals surface area contributed by atoms with Crippen LogP contribution in [0, 0.1) is 0 Å². The van der Waals surface area contributed by atoms with E-state index in [1.54, 1.807) is 0 Å². The zero-order valence-electron chi connectivity index (χ0n) is 10.5. The molecule has 0 radical (unpaired) electrons. The maximum Gasteiger partial charge on any atom is 0.0431 e. The monoisotopic (exact) mass is 299 g/mol. The first-order valence-electron chi connectivity index (χ1n) is 6.33. The quantitative estimate of drug-likeness (QED) is 0.718. The molecule has 0 saturated carbocycles. The Bertz CT molecular complexity index is 317. The number of hydrogen-bond donors (Lipinski definition) is 2. The van der Waals surface area contributed by atoms with E-state index in [4.69, 9.17) is 5.11 Å². The molecule has 1 aromatic rings. The van der Waals surface area contributed by atoms with Crippen LogP contribution < -0.4 is 5.32 Å². The van der Waals surface area contributed by atoms with E-state index < -0.39 is 0 Å². The van der Waals surface area contributed by atoms with Crippen molar-refractivity contribution in [3.63, 3.8) is 0 Å². The van der Waals surface area contributed by atoms with Crippen LogP contribution in [0.3, 0.4) is 0 Å². The summed E-state index contributed by atoms with van der Waals surface area (Å²) in [5.74, 6) is 0. The summed E-state index contributed by atoms with van der Waals surface area (Å²) in [6, 6.07) is 8.81. The largest absolute Gasteiger partial charge is 0.396 e. The van der Waals surface area contributed by atoms with Crippen LogP contribution in [-0.4, -0.2) is 18.3 Å². The van der Waals surface area contributed by atoms with Crippen LogP contribution in [0.15, 0.2) is 28.7 Å². The standard InChI is InChI=1S/C14H22BrNO/c1-12(13-7-6-8-14(15)11-13)16-9-4-2-3-5-10-17/h6-8,11-12,16-17H,2-5,9-10H2,1H3/t12-/m1/s1. The molecule has 0 aromatic heterocycles. The van der Waals surface area contributed by atoms with Crippen LogP contribution >= 0.6 is 15.9 Å². The summed E-state index contributed by atoms with van der Waals surface area (Å²) in [5.41, 5.74) is 1.31. The second-order valence-electron chi connectivity index (χ2n) is 4.37. The van der Waals surface area contributed by atoms with Crippen molar-refractivity contribution in [3.05, 3.63) is 34.3 Å². The maximum atomic E-state index is 8.67. The summed E-state index contributed by atoms with van der Waals surface area (Å²) in [7, 11) is 0. The molecule has 1 aromatic carbocycles. The second-order valence-corrected chi connectivity index (χ2v) is 5.28. The van der Waals surface area contributed by atoms with Crippen molar-refractivity contribution in [1.82, 2.24) is 5.32 Å². The highest BCUT2D eigenvalue weighted by molar-refractivity contribution is 9.10. The van der Waals surface area contributed by atoms with Gasteiger partial charge >= 0.3 is 0 Å². The summed E-state index contributed by atoms with van der Waals surface area (Å²) in [5, 5.41) is 12.2. The van der Waals surface area contributed by atoms with Crippen molar-refractivity contribution in [3.8, 4) is 0 Å². The molecular formula is C14H22BrNO. The van der Waals surface area contributed by atoms with Gasteiger partial charge in [-0.1, -0.05) is 40.9 Å². The highest BCUT2D eigenvalue weighted by atomic mass is 79.9. The molecular weight excluding hydrogens is 278 g/mol. The van der Waals surface area contributed by atoms with Crippen LogP contribution in [-0.2, 0) is 0 Å². The van der Waals surface area contributed by atoms with E-state index in [1.165, 1.54) is 18.4 Å². The molecule has 0 aliphatic heterocycles. The molecule has 17 heavy (non-hydrogen) atoms. The fraction of sp³-hybridized carbons (Fsp3) is 0.571. The van der Waals surface area contributed by atoms with Crippen molar-refractivity contribution < 1.29 is 5.11 Å². The normalized spacial score (nSPS) is 12.6. The Balaban J connectivity index is 2.19.